The van der Waals surface area contributed by atoms with Crippen LogP contribution in [0.5, 0.6) is 0 Å². The molecule has 1 unspecified atom stereocenters. The number of aromatic nitrogens is 2. The fourth-order valence-electron chi connectivity index (χ4n) is 1.28. The van der Waals surface area contributed by atoms with Gasteiger partial charge in [0.2, 0.25) is 5.82 Å². The number of halogens is 3. The van der Waals surface area contributed by atoms with E-state index in [9.17, 15) is 13.2 Å². The third-order valence-corrected chi connectivity index (χ3v) is 2.02. The van der Waals surface area contributed by atoms with Crippen LogP contribution in [-0.4, -0.2) is 29.2 Å². The van der Waals surface area contributed by atoms with Crippen molar-refractivity contribution in [1.29, 1.82) is 0 Å². The van der Waals surface area contributed by atoms with Gasteiger partial charge in [0.05, 0.1) is 6.10 Å². The van der Waals surface area contributed by atoms with E-state index in [0.29, 0.717) is 13.2 Å². The average molecular weight is 264 g/mol. The first-order chi connectivity index (χ1) is 8.32. The van der Waals surface area contributed by atoms with E-state index in [1.54, 1.807) is 6.92 Å². The van der Waals surface area contributed by atoms with Crippen LogP contribution in [-0.2, 0) is 10.9 Å². The molecule has 1 rings (SSSR count). The number of nitrogens with two attached hydrogens (primary N) is 1. The van der Waals surface area contributed by atoms with Gasteiger partial charge in [0, 0.05) is 19.2 Å². The third-order valence-electron chi connectivity index (χ3n) is 2.02. The summed E-state index contributed by atoms with van der Waals surface area (Å²) in [5.74, 6) is -1.46. The molecule has 0 radical (unpaired) electrons. The quantitative estimate of drug-likeness (QED) is 0.850. The lowest BCUT2D eigenvalue weighted by Gasteiger charge is -2.14. The maximum Gasteiger partial charge on any atom is 0.451 e. The average Bonchev–Trinajstić information content (AvgIpc) is 2.25. The molecule has 1 aromatic heterocycles. The van der Waals surface area contributed by atoms with Crippen LogP contribution in [0.25, 0.3) is 0 Å². The minimum Gasteiger partial charge on any atom is -0.384 e. The number of ether oxygens (including phenoxy) is 1. The molecule has 1 aromatic rings. The van der Waals surface area contributed by atoms with Crippen molar-refractivity contribution < 1.29 is 17.9 Å². The molecule has 3 N–H and O–H groups in total. The number of rotatable bonds is 5. The summed E-state index contributed by atoms with van der Waals surface area (Å²) < 4.78 is 42.5. The number of hydrogen-bond acceptors (Lipinski definition) is 5. The molecule has 0 bridgehead atoms. The molecule has 102 valence electrons. The molecule has 0 spiro atoms. The maximum atomic E-state index is 12.4. The summed E-state index contributed by atoms with van der Waals surface area (Å²) >= 11 is 0. The Hall–Kier alpha value is -1.57. The van der Waals surface area contributed by atoms with Gasteiger partial charge in [-0.3, -0.25) is 0 Å². The van der Waals surface area contributed by atoms with Crippen molar-refractivity contribution in [2.75, 3.05) is 24.2 Å². The van der Waals surface area contributed by atoms with E-state index in [4.69, 9.17) is 10.5 Å². The highest BCUT2D eigenvalue weighted by Crippen LogP contribution is 2.27. The van der Waals surface area contributed by atoms with Gasteiger partial charge in [0.15, 0.2) is 0 Å². The van der Waals surface area contributed by atoms with Crippen LogP contribution >= 0.6 is 0 Å². The van der Waals surface area contributed by atoms with Crippen LogP contribution in [0.4, 0.5) is 24.8 Å². The molecule has 0 amide bonds. The van der Waals surface area contributed by atoms with Gasteiger partial charge in [-0.2, -0.15) is 13.2 Å². The Morgan fingerprint density at radius 1 is 1.44 bits per heavy atom. The van der Waals surface area contributed by atoms with Gasteiger partial charge in [-0.15, -0.1) is 0 Å². The molecule has 1 heterocycles. The lowest BCUT2D eigenvalue weighted by molar-refractivity contribution is -0.144. The highest BCUT2D eigenvalue weighted by Gasteiger charge is 2.35. The number of nitrogens with one attached hydrogen (secondary N) is 1. The van der Waals surface area contributed by atoms with Crippen LogP contribution in [0.15, 0.2) is 6.07 Å². The second kappa shape index (κ2) is 5.85. The van der Waals surface area contributed by atoms with Crippen LogP contribution in [0.2, 0.25) is 0 Å². The molecule has 18 heavy (non-hydrogen) atoms. The molecule has 5 nitrogen and oxygen atoms in total. The molecule has 0 fully saturated rings. The van der Waals surface area contributed by atoms with E-state index in [2.05, 4.69) is 15.3 Å². The first kappa shape index (κ1) is 14.5. The predicted molar refractivity (Wildman–Crippen MR) is 61.0 cm³/mol. The van der Waals surface area contributed by atoms with Crippen molar-refractivity contribution >= 4 is 11.6 Å². The molecule has 0 aliphatic rings. The van der Waals surface area contributed by atoms with Gasteiger partial charge < -0.3 is 15.8 Å². The molecule has 0 aromatic carbocycles. The SMILES string of the molecule is CCOC(C)CNc1cc(N)nc(C(F)(F)F)n1. The van der Waals surface area contributed by atoms with Crippen molar-refractivity contribution in [3.63, 3.8) is 0 Å². The van der Waals surface area contributed by atoms with E-state index in [1.807, 2.05) is 6.92 Å². The van der Waals surface area contributed by atoms with E-state index in [1.165, 1.54) is 6.07 Å². The van der Waals surface area contributed by atoms with Crippen LogP contribution < -0.4 is 11.1 Å². The summed E-state index contributed by atoms with van der Waals surface area (Å²) in [5.41, 5.74) is 5.30. The van der Waals surface area contributed by atoms with Crippen LogP contribution in [0, 0.1) is 0 Å². The van der Waals surface area contributed by atoms with Gasteiger partial charge in [0.1, 0.15) is 11.6 Å². The second-order valence-electron chi connectivity index (χ2n) is 3.65. The first-order valence-electron chi connectivity index (χ1n) is 5.40. The van der Waals surface area contributed by atoms with Gasteiger partial charge >= 0.3 is 6.18 Å². The highest BCUT2D eigenvalue weighted by atomic mass is 19.4. The zero-order valence-electron chi connectivity index (χ0n) is 10.1. The lowest BCUT2D eigenvalue weighted by atomic mass is 10.4. The summed E-state index contributed by atoms with van der Waals surface area (Å²) in [6, 6.07) is 1.24. The Labute approximate surface area is 103 Å². The normalized spacial score (nSPS) is 13.4. The summed E-state index contributed by atoms with van der Waals surface area (Å²) in [4.78, 5) is 6.49. The number of alkyl halides is 3. The van der Waals surface area contributed by atoms with Crippen molar-refractivity contribution in [3.05, 3.63) is 11.9 Å². The Morgan fingerprint density at radius 3 is 2.67 bits per heavy atom. The van der Waals surface area contributed by atoms with Crippen molar-refractivity contribution in [1.82, 2.24) is 9.97 Å². The van der Waals surface area contributed by atoms with Crippen LogP contribution in [0.1, 0.15) is 19.7 Å². The van der Waals surface area contributed by atoms with Gasteiger partial charge in [-0.05, 0) is 13.8 Å². The fourth-order valence-corrected chi connectivity index (χ4v) is 1.28. The zero-order valence-corrected chi connectivity index (χ0v) is 10.1. The van der Waals surface area contributed by atoms with Crippen LogP contribution in [0.3, 0.4) is 0 Å². The standard InChI is InChI=1S/C10H15F3N4O/c1-3-18-6(2)5-15-8-4-7(14)16-9(17-8)10(11,12)13/h4,6H,3,5H2,1-2H3,(H3,14,15,16,17). The molecule has 1 atom stereocenters. The number of nitrogen functional groups attached to an aromatic ring is 1. The topological polar surface area (TPSA) is 73.1 Å². The number of nitrogens with zero attached hydrogens (tertiary/aromatic N) is 2. The molecular formula is C10H15F3N4O. The largest absolute Gasteiger partial charge is 0.451 e. The lowest BCUT2D eigenvalue weighted by Crippen LogP contribution is -2.21. The van der Waals surface area contributed by atoms with Crippen molar-refractivity contribution in [3.8, 4) is 0 Å². The molecule has 0 aliphatic carbocycles. The second-order valence-corrected chi connectivity index (χ2v) is 3.65. The molecular weight excluding hydrogens is 249 g/mol. The minimum absolute atomic E-state index is 0.0291. The Morgan fingerprint density at radius 2 is 2.11 bits per heavy atom. The van der Waals surface area contributed by atoms with Crippen molar-refractivity contribution in [2.45, 2.75) is 26.1 Å². The van der Waals surface area contributed by atoms with E-state index in [0.717, 1.165) is 0 Å². The minimum atomic E-state index is -4.61. The molecule has 0 aliphatic heterocycles. The van der Waals surface area contributed by atoms with E-state index in [-0.39, 0.29) is 17.7 Å². The third kappa shape index (κ3) is 4.36. The Balaban J connectivity index is 2.75. The van der Waals surface area contributed by atoms with E-state index >= 15 is 0 Å². The number of hydrogen-bond donors (Lipinski definition) is 2. The monoisotopic (exact) mass is 264 g/mol. The number of anilines is 2. The molecule has 8 heteroatoms. The maximum absolute atomic E-state index is 12.4. The first-order valence-corrected chi connectivity index (χ1v) is 5.40. The van der Waals surface area contributed by atoms with Gasteiger partial charge in [0.25, 0.3) is 0 Å². The molecule has 0 saturated carbocycles. The Bertz CT molecular complexity index is 397. The summed E-state index contributed by atoms with van der Waals surface area (Å²) in [5, 5.41) is 2.73. The Kier molecular flexibility index (Phi) is 4.71. The predicted octanol–water partition coefficient (Wildman–Crippen LogP) is 1.91. The van der Waals surface area contributed by atoms with Crippen molar-refractivity contribution in [2.24, 2.45) is 0 Å². The summed E-state index contributed by atoms with van der Waals surface area (Å²) in [6.07, 6.45) is -4.75. The van der Waals surface area contributed by atoms with Gasteiger partial charge in [-0.1, -0.05) is 0 Å². The zero-order chi connectivity index (χ0) is 13.8. The molecule has 0 saturated heterocycles. The summed E-state index contributed by atoms with van der Waals surface area (Å²) in [7, 11) is 0. The van der Waals surface area contributed by atoms with Gasteiger partial charge in [-0.25, -0.2) is 9.97 Å². The summed E-state index contributed by atoms with van der Waals surface area (Å²) in [6.45, 7) is 4.50. The fraction of sp³-hybridized carbons (Fsp3) is 0.600. The smallest absolute Gasteiger partial charge is 0.384 e. The highest BCUT2D eigenvalue weighted by molar-refractivity contribution is 5.44. The van der Waals surface area contributed by atoms with E-state index < -0.39 is 12.0 Å².